The van der Waals surface area contributed by atoms with E-state index in [-0.39, 0.29) is 17.9 Å². The Morgan fingerprint density at radius 3 is 2.42 bits per heavy atom. The molecule has 8 heteroatoms. The first-order chi connectivity index (χ1) is 12.3. The SMILES string of the molecule is CCCN(CCC)CC(=O)N1c2ccccc2NC(=O)C[C@@H]1C(F)(F)F. The lowest BCUT2D eigenvalue weighted by Gasteiger charge is -2.33. The zero-order valence-corrected chi connectivity index (χ0v) is 15.0. The number of rotatable bonds is 6. The standard InChI is InChI=1S/C18H24F3N3O2/c1-3-9-23(10-4-2)12-17(26)24-14-8-6-5-7-13(14)22-16(25)11-15(24)18(19,20)21/h5-8,15H,3-4,9-12H2,1-2H3,(H,22,25)/t15-/m1/s1. The van der Waals surface area contributed by atoms with Crippen LogP contribution in [-0.2, 0) is 9.59 Å². The molecule has 0 aromatic heterocycles. The molecular weight excluding hydrogens is 347 g/mol. The number of anilines is 2. The number of hydrogen-bond donors (Lipinski definition) is 1. The quantitative estimate of drug-likeness (QED) is 0.834. The van der Waals surface area contributed by atoms with E-state index in [0.717, 1.165) is 17.7 Å². The van der Waals surface area contributed by atoms with Crippen molar-refractivity contribution in [3.63, 3.8) is 0 Å². The summed E-state index contributed by atoms with van der Waals surface area (Å²) in [6.45, 7) is 5.05. The van der Waals surface area contributed by atoms with Crippen LogP contribution in [-0.4, -0.2) is 48.6 Å². The molecule has 1 aromatic carbocycles. The molecule has 0 radical (unpaired) electrons. The molecule has 1 aliphatic heterocycles. The number of nitrogens with zero attached hydrogens (tertiary/aromatic N) is 2. The predicted octanol–water partition coefficient (Wildman–Crippen LogP) is 3.41. The van der Waals surface area contributed by atoms with E-state index in [1.54, 1.807) is 12.1 Å². The third kappa shape index (κ3) is 4.75. The van der Waals surface area contributed by atoms with Crippen molar-refractivity contribution in [1.82, 2.24) is 4.90 Å². The highest BCUT2D eigenvalue weighted by Crippen LogP contribution is 2.37. The number of benzene rings is 1. The summed E-state index contributed by atoms with van der Waals surface area (Å²) in [6, 6.07) is 3.92. The molecule has 1 aromatic rings. The summed E-state index contributed by atoms with van der Waals surface area (Å²) in [5.74, 6) is -1.41. The Labute approximate surface area is 151 Å². The summed E-state index contributed by atoms with van der Waals surface area (Å²) < 4.78 is 40.9. The second kappa shape index (κ2) is 8.53. The molecule has 144 valence electrons. The zero-order chi connectivity index (χ0) is 19.3. The number of fused-ring (bicyclic) bond motifs is 1. The van der Waals surface area contributed by atoms with Gasteiger partial charge in [-0.1, -0.05) is 26.0 Å². The maximum absolute atomic E-state index is 13.6. The van der Waals surface area contributed by atoms with Gasteiger partial charge in [0.2, 0.25) is 11.8 Å². The lowest BCUT2D eigenvalue weighted by atomic mass is 10.1. The molecule has 5 nitrogen and oxygen atoms in total. The predicted molar refractivity (Wildman–Crippen MR) is 94.0 cm³/mol. The van der Waals surface area contributed by atoms with Gasteiger partial charge in [0.15, 0.2) is 0 Å². The summed E-state index contributed by atoms with van der Waals surface area (Å²) in [4.78, 5) is 27.4. The molecule has 1 aliphatic rings. The van der Waals surface area contributed by atoms with Gasteiger partial charge in [0.05, 0.1) is 24.3 Å². The van der Waals surface area contributed by atoms with E-state index in [1.165, 1.54) is 12.1 Å². The Balaban J connectivity index is 2.41. The Bertz CT molecular complexity index is 643. The van der Waals surface area contributed by atoms with Crippen LogP contribution in [0.2, 0.25) is 0 Å². The molecule has 0 saturated carbocycles. The highest BCUT2D eigenvalue weighted by Gasteiger charge is 2.49. The number of amides is 2. The van der Waals surface area contributed by atoms with Gasteiger partial charge in [-0.15, -0.1) is 0 Å². The zero-order valence-electron chi connectivity index (χ0n) is 15.0. The van der Waals surface area contributed by atoms with Gasteiger partial charge in [0, 0.05) is 0 Å². The molecule has 0 fully saturated rings. The number of alkyl halides is 3. The fourth-order valence-electron chi connectivity index (χ4n) is 3.17. The molecule has 0 spiro atoms. The largest absolute Gasteiger partial charge is 0.409 e. The molecule has 0 unspecified atom stereocenters. The Morgan fingerprint density at radius 1 is 1.23 bits per heavy atom. The van der Waals surface area contributed by atoms with E-state index in [1.807, 2.05) is 18.7 Å². The summed E-state index contributed by atoms with van der Waals surface area (Å²) in [6.07, 6.45) is -3.92. The molecular formula is C18H24F3N3O2. The lowest BCUT2D eigenvalue weighted by Crippen LogP contribution is -2.52. The minimum absolute atomic E-state index is 0.0821. The fourth-order valence-corrected chi connectivity index (χ4v) is 3.17. The molecule has 0 aliphatic carbocycles. The molecule has 0 bridgehead atoms. The number of halogens is 3. The number of para-hydroxylation sites is 2. The minimum Gasteiger partial charge on any atom is -0.324 e. The highest BCUT2D eigenvalue weighted by molar-refractivity contribution is 6.05. The Morgan fingerprint density at radius 2 is 1.85 bits per heavy atom. The first-order valence-corrected chi connectivity index (χ1v) is 8.77. The van der Waals surface area contributed by atoms with Crippen LogP contribution in [0.25, 0.3) is 0 Å². The third-order valence-corrected chi connectivity index (χ3v) is 4.21. The van der Waals surface area contributed by atoms with Crippen LogP contribution < -0.4 is 10.2 Å². The average Bonchev–Trinajstić information content (AvgIpc) is 2.70. The van der Waals surface area contributed by atoms with Gasteiger partial charge in [-0.25, -0.2) is 0 Å². The number of carbonyl (C=O) groups is 2. The van der Waals surface area contributed by atoms with Crippen LogP contribution in [0.5, 0.6) is 0 Å². The number of carbonyl (C=O) groups excluding carboxylic acids is 2. The van der Waals surface area contributed by atoms with Crippen molar-refractivity contribution < 1.29 is 22.8 Å². The van der Waals surface area contributed by atoms with E-state index in [0.29, 0.717) is 13.1 Å². The van der Waals surface area contributed by atoms with Gasteiger partial charge in [-0.05, 0) is 38.1 Å². The summed E-state index contributed by atoms with van der Waals surface area (Å²) in [7, 11) is 0. The number of nitrogens with one attached hydrogen (secondary N) is 1. The van der Waals surface area contributed by atoms with Gasteiger partial charge in [-0.2, -0.15) is 13.2 Å². The van der Waals surface area contributed by atoms with Gasteiger partial charge >= 0.3 is 6.18 Å². The van der Waals surface area contributed by atoms with Crippen LogP contribution in [0.3, 0.4) is 0 Å². The van der Waals surface area contributed by atoms with E-state index < -0.39 is 30.5 Å². The van der Waals surface area contributed by atoms with Crippen LogP contribution in [0.15, 0.2) is 24.3 Å². The molecule has 26 heavy (non-hydrogen) atoms. The van der Waals surface area contributed by atoms with E-state index in [4.69, 9.17) is 0 Å². The summed E-state index contributed by atoms with van der Waals surface area (Å²) in [5, 5.41) is 2.47. The first-order valence-electron chi connectivity index (χ1n) is 8.77. The van der Waals surface area contributed by atoms with Gasteiger partial charge in [-0.3, -0.25) is 19.4 Å². The van der Waals surface area contributed by atoms with Crippen LogP contribution in [0, 0.1) is 0 Å². The normalized spacial score (nSPS) is 17.7. The van der Waals surface area contributed by atoms with Crippen molar-refractivity contribution in [2.45, 2.75) is 45.3 Å². The van der Waals surface area contributed by atoms with Crippen LogP contribution >= 0.6 is 0 Å². The topological polar surface area (TPSA) is 52.7 Å². The average molecular weight is 371 g/mol. The molecule has 0 saturated heterocycles. The van der Waals surface area contributed by atoms with Crippen LogP contribution in [0.1, 0.15) is 33.1 Å². The van der Waals surface area contributed by atoms with Crippen molar-refractivity contribution >= 4 is 23.2 Å². The van der Waals surface area contributed by atoms with Crippen molar-refractivity contribution in [2.75, 3.05) is 29.9 Å². The third-order valence-electron chi connectivity index (χ3n) is 4.21. The lowest BCUT2D eigenvalue weighted by molar-refractivity contribution is -0.158. The summed E-state index contributed by atoms with van der Waals surface area (Å²) >= 11 is 0. The van der Waals surface area contributed by atoms with E-state index in [9.17, 15) is 22.8 Å². The van der Waals surface area contributed by atoms with Crippen molar-refractivity contribution in [1.29, 1.82) is 0 Å². The van der Waals surface area contributed by atoms with Gasteiger partial charge in [0.25, 0.3) is 0 Å². The summed E-state index contributed by atoms with van der Waals surface area (Å²) in [5.41, 5.74) is 0.300. The van der Waals surface area contributed by atoms with Crippen molar-refractivity contribution in [3.8, 4) is 0 Å². The second-order valence-electron chi connectivity index (χ2n) is 6.37. The maximum Gasteiger partial charge on any atom is 0.409 e. The maximum atomic E-state index is 13.6. The Hall–Kier alpha value is -2.09. The first kappa shape index (κ1) is 20.2. The molecule has 2 rings (SSSR count). The fraction of sp³-hybridized carbons (Fsp3) is 0.556. The number of hydrogen-bond acceptors (Lipinski definition) is 3. The smallest absolute Gasteiger partial charge is 0.324 e. The second-order valence-corrected chi connectivity index (χ2v) is 6.37. The molecule has 1 heterocycles. The van der Waals surface area contributed by atoms with Crippen molar-refractivity contribution in [2.24, 2.45) is 0 Å². The molecule has 1 N–H and O–H groups in total. The van der Waals surface area contributed by atoms with E-state index in [2.05, 4.69) is 5.32 Å². The van der Waals surface area contributed by atoms with Gasteiger partial charge in [0.1, 0.15) is 6.04 Å². The molecule has 1 atom stereocenters. The van der Waals surface area contributed by atoms with Gasteiger partial charge < -0.3 is 5.32 Å². The Kier molecular flexibility index (Phi) is 6.63. The monoisotopic (exact) mass is 371 g/mol. The van der Waals surface area contributed by atoms with E-state index >= 15 is 0 Å². The minimum atomic E-state index is -4.70. The highest BCUT2D eigenvalue weighted by atomic mass is 19.4. The molecule has 2 amide bonds. The van der Waals surface area contributed by atoms with Crippen molar-refractivity contribution in [3.05, 3.63) is 24.3 Å². The van der Waals surface area contributed by atoms with Crippen LogP contribution in [0.4, 0.5) is 24.5 Å².